The average Bonchev–Trinajstić information content (AvgIpc) is 2.31. The van der Waals surface area contributed by atoms with E-state index in [1.54, 1.807) is 0 Å². The summed E-state index contributed by atoms with van der Waals surface area (Å²) in [7, 11) is 0. The van der Waals surface area contributed by atoms with Crippen LogP contribution in [0.4, 0.5) is 0 Å². The van der Waals surface area contributed by atoms with Crippen LogP contribution in [0.2, 0.25) is 5.02 Å². The Labute approximate surface area is 121 Å². The Morgan fingerprint density at radius 1 is 1.32 bits per heavy atom. The van der Waals surface area contributed by atoms with Crippen LogP contribution in [0.3, 0.4) is 0 Å². The number of quaternary nitrogens is 1. The van der Waals surface area contributed by atoms with Gasteiger partial charge in [-0.05, 0) is 50.2 Å². The van der Waals surface area contributed by atoms with Gasteiger partial charge in [-0.2, -0.15) is 0 Å². The topological polar surface area (TPSA) is 36.9 Å². The molecule has 1 saturated heterocycles. The molecule has 1 aromatic rings. The molecule has 1 aromatic carbocycles. The van der Waals surface area contributed by atoms with Crippen molar-refractivity contribution in [2.75, 3.05) is 13.2 Å². The average molecular weight is 283 g/mol. The van der Waals surface area contributed by atoms with Crippen LogP contribution >= 0.6 is 11.6 Å². The summed E-state index contributed by atoms with van der Waals surface area (Å²) in [6.45, 7) is 6.20. The minimum atomic E-state index is -0.0331. The third-order valence-corrected chi connectivity index (χ3v) is 4.53. The molecule has 0 amide bonds. The van der Waals surface area contributed by atoms with Crippen LogP contribution in [0.5, 0.6) is 0 Å². The molecule has 1 aliphatic heterocycles. The monoisotopic (exact) mass is 282 g/mol. The van der Waals surface area contributed by atoms with E-state index >= 15 is 0 Å². The van der Waals surface area contributed by atoms with Gasteiger partial charge in [-0.1, -0.05) is 29.8 Å². The summed E-state index contributed by atoms with van der Waals surface area (Å²) in [5.41, 5.74) is 5.58. The van der Waals surface area contributed by atoms with Crippen molar-refractivity contribution >= 4 is 11.6 Å². The largest absolute Gasteiger partial charge is 0.376 e. The molecule has 106 valence electrons. The van der Waals surface area contributed by atoms with E-state index in [-0.39, 0.29) is 11.0 Å². The van der Waals surface area contributed by atoms with Gasteiger partial charge >= 0.3 is 0 Å². The van der Waals surface area contributed by atoms with Crippen LogP contribution < -0.4 is 5.73 Å². The summed E-state index contributed by atoms with van der Waals surface area (Å²) in [4.78, 5) is 0. The smallest absolute Gasteiger partial charge is 0.0745 e. The first kappa shape index (κ1) is 14.8. The van der Waals surface area contributed by atoms with E-state index < -0.39 is 0 Å². The van der Waals surface area contributed by atoms with Gasteiger partial charge in [0, 0.05) is 18.1 Å². The van der Waals surface area contributed by atoms with Crippen molar-refractivity contribution in [1.29, 1.82) is 0 Å². The van der Waals surface area contributed by atoms with Crippen LogP contribution in [0.1, 0.15) is 38.7 Å². The Hall–Kier alpha value is -0.570. The molecule has 0 saturated carbocycles. The van der Waals surface area contributed by atoms with E-state index in [9.17, 15) is 0 Å². The van der Waals surface area contributed by atoms with Crippen LogP contribution in [-0.2, 0) is 11.2 Å². The second kappa shape index (κ2) is 5.82. The van der Waals surface area contributed by atoms with Crippen LogP contribution in [0, 0.1) is 5.41 Å². The molecule has 2 nitrogen and oxygen atoms in total. The molecule has 0 radical (unpaired) electrons. The maximum absolute atomic E-state index is 6.33. The fourth-order valence-corrected chi connectivity index (χ4v) is 3.66. The molecule has 1 fully saturated rings. The van der Waals surface area contributed by atoms with Crippen LogP contribution in [-0.4, -0.2) is 18.8 Å². The van der Waals surface area contributed by atoms with Crippen molar-refractivity contribution in [3.05, 3.63) is 34.9 Å². The van der Waals surface area contributed by atoms with Crippen LogP contribution in [0.15, 0.2) is 24.3 Å². The molecule has 0 aromatic heterocycles. The highest BCUT2D eigenvalue weighted by Crippen LogP contribution is 2.44. The van der Waals surface area contributed by atoms with E-state index in [4.69, 9.17) is 16.3 Å². The molecule has 1 atom stereocenters. The minimum Gasteiger partial charge on any atom is -0.376 e. The standard InChI is InChI=1S/C16H24ClNO/c1-15(2)12-16(7-9-18,8-10-19-15)11-13-5-3-4-6-14(13)17/h3-6H,7-12,18H2,1-2H3/p+1/t16-/m0/s1. The highest BCUT2D eigenvalue weighted by Gasteiger charge is 2.41. The van der Waals surface area contributed by atoms with E-state index in [1.165, 1.54) is 5.56 Å². The number of rotatable bonds is 4. The molecule has 1 heterocycles. The zero-order valence-electron chi connectivity index (χ0n) is 12.0. The van der Waals surface area contributed by atoms with Gasteiger partial charge in [-0.25, -0.2) is 0 Å². The Kier molecular flexibility index (Phi) is 4.54. The summed E-state index contributed by atoms with van der Waals surface area (Å²) >= 11 is 6.33. The van der Waals surface area contributed by atoms with Crippen molar-refractivity contribution in [2.24, 2.45) is 5.41 Å². The molecule has 1 aliphatic rings. The van der Waals surface area contributed by atoms with Crippen molar-refractivity contribution in [2.45, 2.75) is 45.1 Å². The normalized spacial score (nSPS) is 26.3. The molecule has 19 heavy (non-hydrogen) atoms. The summed E-state index contributed by atoms with van der Waals surface area (Å²) in [6, 6.07) is 8.20. The summed E-state index contributed by atoms with van der Waals surface area (Å²) in [5.74, 6) is 0. The third-order valence-electron chi connectivity index (χ3n) is 4.16. The third kappa shape index (κ3) is 3.71. The predicted molar refractivity (Wildman–Crippen MR) is 79.2 cm³/mol. The zero-order valence-corrected chi connectivity index (χ0v) is 12.8. The van der Waals surface area contributed by atoms with Crippen molar-refractivity contribution in [3.8, 4) is 0 Å². The van der Waals surface area contributed by atoms with Crippen molar-refractivity contribution in [3.63, 3.8) is 0 Å². The molecule has 0 spiro atoms. The summed E-state index contributed by atoms with van der Waals surface area (Å²) in [5, 5.41) is 0.884. The van der Waals surface area contributed by atoms with Gasteiger partial charge in [0.25, 0.3) is 0 Å². The van der Waals surface area contributed by atoms with Crippen LogP contribution in [0.25, 0.3) is 0 Å². The molecule has 0 unspecified atom stereocenters. The summed E-state index contributed by atoms with van der Waals surface area (Å²) in [6.07, 6.45) is 4.37. The van der Waals surface area contributed by atoms with Gasteiger partial charge in [0.2, 0.25) is 0 Å². The van der Waals surface area contributed by atoms with E-state index in [2.05, 4.69) is 31.7 Å². The zero-order chi connectivity index (χ0) is 13.9. The number of ether oxygens (including phenoxy) is 1. The first-order valence-corrected chi connectivity index (χ1v) is 7.51. The lowest BCUT2D eigenvalue weighted by Crippen LogP contribution is -2.54. The molecule has 0 aliphatic carbocycles. The van der Waals surface area contributed by atoms with Gasteiger partial charge < -0.3 is 10.5 Å². The Bertz CT molecular complexity index is 429. The van der Waals surface area contributed by atoms with Gasteiger partial charge in [-0.15, -0.1) is 0 Å². The number of halogens is 1. The fraction of sp³-hybridized carbons (Fsp3) is 0.625. The van der Waals surface area contributed by atoms with Gasteiger partial charge in [-0.3, -0.25) is 0 Å². The Morgan fingerprint density at radius 2 is 2.05 bits per heavy atom. The van der Waals surface area contributed by atoms with E-state index in [0.717, 1.165) is 43.9 Å². The quantitative estimate of drug-likeness (QED) is 0.905. The predicted octanol–water partition coefficient (Wildman–Crippen LogP) is 3.09. The maximum atomic E-state index is 6.33. The second-order valence-electron chi connectivity index (χ2n) is 6.41. The van der Waals surface area contributed by atoms with Gasteiger partial charge in [0.15, 0.2) is 0 Å². The molecular weight excluding hydrogens is 258 g/mol. The van der Waals surface area contributed by atoms with E-state index in [1.807, 2.05) is 12.1 Å². The Balaban J connectivity index is 2.22. The molecular formula is C16H25ClNO+. The minimum absolute atomic E-state index is 0.0331. The molecule has 3 heteroatoms. The summed E-state index contributed by atoms with van der Waals surface area (Å²) < 4.78 is 5.88. The van der Waals surface area contributed by atoms with Gasteiger partial charge in [0.05, 0.1) is 12.1 Å². The second-order valence-corrected chi connectivity index (χ2v) is 6.81. The van der Waals surface area contributed by atoms with Gasteiger partial charge in [0.1, 0.15) is 0 Å². The highest BCUT2D eigenvalue weighted by atomic mass is 35.5. The lowest BCUT2D eigenvalue weighted by atomic mass is 9.68. The number of hydrogen-bond acceptors (Lipinski definition) is 1. The first-order chi connectivity index (χ1) is 8.96. The fourth-order valence-electron chi connectivity index (χ4n) is 3.46. The lowest BCUT2D eigenvalue weighted by Gasteiger charge is -2.45. The van der Waals surface area contributed by atoms with E-state index in [0.29, 0.717) is 0 Å². The number of benzene rings is 1. The molecule has 0 bridgehead atoms. The van der Waals surface area contributed by atoms with Crippen molar-refractivity contribution < 1.29 is 10.5 Å². The highest BCUT2D eigenvalue weighted by molar-refractivity contribution is 6.31. The molecule has 2 rings (SSSR count). The lowest BCUT2D eigenvalue weighted by molar-refractivity contribution is -0.374. The first-order valence-electron chi connectivity index (χ1n) is 7.13. The Morgan fingerprint density at radius 3 is 2.68 bits per heavy atom. The molecule has 3 N–H and O–H groups in total. The SMILES string of the molecule is CC1(C)C[C@](CC[NH3+])(Cc2ccccc2Cl)CCO1. The maximum Gasteiger partial charge on any atom is 0.0745 e. The number of hydrogen-bond donors (Lipinski definition) is 1. The van der Waals surface area contributed by atoms with Crippen molar-refractivity contribution in [1.82, 2.24) is 0 Å².